The van der Waals surface area contributed by atoms with Crippen LogP contribution in [-0.4, -0.2) is 19.9 Å². The van der Waals surface area contributed by atoms with Gasteiger partial charge in [-0.1, -0.05) is 109 Å². The van der Waals surface area contributed by atoms with Crippen LogP contribution in [0.3, 0.4) is 0 Å². The predicted octanol–water partition coefficient (Wildman–Crippen LogP) is 10.6. The van der Waals surface area contributed by atoms with Crippen molar-refractivity contribution in [2.75, 3.05) is 0 Å². The summed E-state index contributed by atoms with van der Waals surface area (Å²) in [6.07, 6.45) is 1.86. The summed E-state index contributed by atoms with van der Waals surface area (Å²) in [5.74, 6) is 1.96. The minimum Gasteiger partial charge on any atom is -0.245 e. The maximum absolute atomic E-state index is 5.05. The molecule has 9 aromatic rings. The topological polar surface area (TPSA) is 51.6 Å². The molecule has 0 saturated carbocycles. The van der Waals surface area contributed by atoms with Crippen LogP contribution in [0.1, 0.15) is 0 Å². The van der Waals surface area contributed by atoms with Crippen LogP contribution in [0.5, 0.6) is 0 Å². The summed E-state index contributed by atoms with van der Waals surface area (Å²) in [6.45, 7) is 0. The molecule has 0 aliphatic rings. The number of hydrogen-bond donors (Lipinski definition) is 0. The first-order chi connectivity index (χ1) is 22.3. The van der Waals surface area contributed by atoms with E-state index in [1.807, 2.05) is 48.7 Å². The van der Waals surface area contributed by atoms with Crippen LogP contribution in [0.2, 0.25) is 0 Å². The molecule has 0 spiro atoms. The van der Waals surface area contributed by atoms with Crippen molar-refractivity contribution < 1.29 is 0 Å². The lowest BCUT2D eigenvalue weighted by molar-refractivity contribution is 1.08. The van der Waals surface area contributed by atoms with Gasteiger partial charge < -0.3 is 0 Å². The monoisotopic (exact) mass is 592 g/mol. The zero-order valence-electron chi connectivity index (χ0n) is 24.1. The van der Waals surface area contributed by atoms with Gasteiger partial charge in [-0.05, 0) is 63.0 Å². The third-order valence-electron chi connectivity index (χ3n) is 8.36. The summed E-state index contributed by atoms with van der Waals surface area (Å²) in [5, 5.41) is 7.11. The van der Waals surface area contributed by atoms with Gasteiger partial charge in [0.15, 0.2) is 17.5 Å². The van der Waals surface area contributed by atoms with E-state index in [4.69, 9.17) is 15.0 Å². The summed E-state index contributed by atoms with van der Waals surface area (Å²) in [7, 11) is 0. The Hall–Kier alpha value is -5.78. The number of rotatable bonds is 4. The van der Waals surface area contributed by atoms with Gasteiger partial charge in [0.25, 0.3) is 0 Å². The summed E-state index contributed by atoms with van der Waals surface area (Å²) >= 11 is 1.74. The van der Waals surface area contributed by atoms with Crippen molar-refractivity contribution in [2.24, 2.45) is 0 Å². The molecule has 3 aromatic heterocycles. The van der Waals surface area contributed by atoms with Crippen LogP contribution in [-0.2, 0) is 0 Å². The van der Waals surface area contributed by atoms with Gasteiger partial charge in [-0.25, -0.2) is 19.9 Å². The second kappa shape index (κ2) is 10.4. The molecule has 0 N–H and O–H groups in total. The fourth-order valence-corrected chi connectivity index (χ4v) is 7.26. The molecule has 0 radical (unpaired) electrons. The number of thiophene rings is 1. The van der Waals surface area contributed by atoms with Gasteiger partial charge in [-0.2, -0.15) is 0 Å². The molecule has 5 heteroatoms. The molecule has 0 fully saturated rings. The van der Waals surface area contributed by atoms with E-state index in [0.29, 0.717) is 17.5 Å². The first-order valence-corrected chi connectivity index (χ1v) is 15.7. The number of fused-ring (bicyclic) bond motifs is 6. The Kier molecular flexibility index (Phi) is 5.96. The van der Waals surface area contributed by atoms with Crippen LogP contribution in [0, 0.1) is 0 Å². The molecule has 6 aromatic carbocycles. The lowest BCUT2D eigenvalue weighted by Crippen LogP contribution is -2.00. The average molecular weight is 593 g/mol. The first kappa shape index (κ1) is 25.7. The largest absolute Gasteiger partial charge is 0.245 e. The Morgan fingerprint density at radius 3 is 1.67 bits per heavy atom. The summed E-state index contributed by atoms with van der Waals surface area (Å²) in [5.41, 5.74) is 5.27. The third kappa shape index (κ3) is 4.53. The van der Waals surface area contributed by atoms with E-state index in [1.54, 1.807) is 11.3 Å². The fraction of sp³-hybridized carbons (Fsp3) is 0. The van der Waals surface area contributed by atoms with Crippen LogP contribution in [0.15, 0.2) is 146 Å². The van der Waals surface area contributed by atoms with E-state index in [1.165, 1.54) is 37.4 Å². The average Bonchev–Trinajstić information content (AvgIpc) is 3.51. The highest BCUT2D eigenvalue weighted by atomic mass is 32.1. The second-order valence-electron chi connectivity index (χ2n) is 11.2. The van der Waals surface area contributed by atoms with E-state index in [2.05, 4.69) is 102 Å². The lowest BCUT2D eigenvalue weighted by atomic mass is 10.00. The predicted molar refractivity (Wildman–Crippen MR) is 187 cm³/mol. The van der Waals surface area contributed by atoms with E-state index in [-0.39, 0.29) is 0 Å². The number of benzene rings is 6. The standard InChI is InChI=1S/C40H24N4S/c1-3-8-25(9-4-1)27-13-14-29-23-31(16-15-28(29)22-27)38-42-37(26-10-5-2-6-11-26)43-39(44-38)32-18-19-33-30(24-32)17-20-34-35-12-7-21-41-40(35)45-36(33)34/h1-24H. The van der Waals surface area contributed by atoms with Crippen molar-refractivity contribution in [2.45, 2.75) is 0 Å². The van der Waals surface area contributed by atoms with Gasteiger partial charge in [0, 0.05) is 38.4 Å². The van der Waals surface area contributed by atoms with Gasteiger partial charge in [0.2, 0.25) is 0 Å². The Balaban J connectivity index is 1.18. The van der Waals surface area contributed by atoms with Crippen LogP contribution in [0.25, 0.3) is 87.1 Å². The Morgan fingerprint density at radius 2 is 0.933 bits per heavy atom. The Bertz CT molecular complexity index is 2540. The molecule has 0 bridgehead atoms. The van der Waals surface area contributed by atoms with Crippen LogP contribution < -0.4 is 0 Å². The molecule has 0 unspecified atom stereocenters. The number of pyridine rings is 1. The molecule has 9 rings (SSSR count). The Labute approximate surface area is 263 Å². The summed E-state index contributed by atoms with van der Waals surface area (Å²) in [6, 6.07) is 48.7. The quantitative estimate of drug-likeness (QED) is 0.204. The molecule has 0 atom stereocenters. The fourth-order valence-electron chi connectivity index (χ4n) is 6.08. The van der Waals surface area contributed by atoms with E-state index in [9.17, 15) is 0 Å². The number of nitrogens with zero attached hydrogens (tertiary/aromatic N) is 4. The van der Waals surface area contributed by atoms with Crippen molar-refractivity contribution in [1.82, 2.24) is 19.9 Å². The first-order valence-electron chi connectivity index (χ1n) is 14.9. The van der Waals surface area contributed by atoms with Crippen LogP contribution in [0.4, 0.5) is 0 Å². The van der Waals surface area contributed by atoms with Gasteiger partial charge in [-0.3, -0.25) is 0 Å². The van der Waals surface area contributed by atoms with Crippen molar-refractivity contribution in [1.29, 1.82) is 0 Å². The highest BCUT2D eigenvalue weighted by molar-refractivity contribution is 7.26. The molecular formula is C40H24N4S. The molecular weight excluding hydrogens is 569 g/mol. The minimum absolute atomic E-state index is 0.651. The molecule has 210 valence electrons. The number of hydrogen-bond acceptors (Lipinski definition) is 5. The smallest absolute Gasteiger partial charge is 0.164 e. The molecule has 3 heterocycles. The summed E-state index contributed by atoms with van der Waals surface area (Å²) in [4.78, 5) is 20.7. The highest BCUT2D eigenvalue weighted by Gasteiger charge is 2.15. The van der Waals surface area contributed by atoms with Gasteiger partial charge >= 0.3 is 0 Å². The SMILES string of the molecule is c1ccc(-c2ccc3cc(-c4nc(-c5ccccc5)nc(-c5ccc6c(ccc7c8cccnc8sc67)c5)n4)ccc3c2)cc1. The molecule has 4 nitrogen and oxygen atoms in total. The van der Waals surface area contributed by atoms with E-state index in [0.717, 1.165) is 32.3 Å². The normalized spacial score (nSPS) is 11.6. The third-order valence-corrected chi connectivity index (χ3v) is 9.52. The van der Waals surface area contributed by atoms with Gasteiger partial charge in [0.1, 0.15) is 4.83 Å². The van der Waals surface area contributed by atoms with E-state index >= 15 is 0 Å². The lowest BCUT2D eigenvalue weighted by Gasteiger charge is -2.10. The molecule has 0 aliphatic carbocycles. The van der Waals surface area contributed by atoms with Gasteiger partial charge in [0.05, 0.1) is 0 Å². The zero-order valence-corrected chi connectivity index (χ0v) is 24.9. The Morgan fingerprint density at radius 1 is 0.378 bits per heavy atom. The molecule has 0 amide bonds. The molecule has 0 saturated heterocycles. The minimum atomic E-state index is 0.651. The zero-order chi connectivity index (χ0) is 29.7. The van der Waals surface area contributed by atoms with Crippen molar-refractivity contribution >= 4 is 53.2 Å². The van der Waals surface area contributed by atoms with Crippen molar-refractivity contribution in [3.05, 3.63) is 146 Å². The molecule has 0 aliphatic heterocycles. The molecule has 45 heavy (non-hydrogen) atoms. The maximum atomic E-state index is 5.05. The van der Waals surface area contributed by atoms with Crippen LogP contribution >= 0.6 is 11.3 Å². The summed E-state index contributed by atoms with van der Waals surface area (Å²) < 4.78 is 1.25. The van der Waals surface area contributed by atoms with E-state index < -0.39 is 0 Å². The van der Waals surface area contributed by atoms with Gasteiger partial charge in [-0.15, -0.1) is 11.3 Å². The maximum Gasteiger partial charge on any atom is 0.164 e. The van der Waals surface area contributed by atoms with Crippen molar-refractivity contribution in [3.63, 3.8) is 0 Å². The highest BCUT2D eigenvalue weighted by Crippen LogP contribution is 2.38. The van der Waals surface area contributed by atoms with Crippen molar-refractivity contribution in [3.8, 4) is 45.3 Å². The second-order valence-corrected chi connectivity index (χ2v) is 12.2. The number of aromatic nitrogens is 4.